The number of carbonyl (C=O) groups is 18. The van der Waals surface area contributed by atoms with Crippen molar-refractivity contribution in [3.8, 4) is 5.75 Å². The Labute approximate surface area is 773 Å². The molecule has 0 bridgehead atoms. The molecular formula is C88H117N21O22S2. The Morgan fingerprint density at radius 3 is 1.89 bits per heavy atom. The van der Waals surface area contributed by atoms with Crippen molar-refractivity contribution in [2.75, 3.05) is 46.5 Å². The van der Waals surface area contributed by atoms with Gasteiger partial charge >= 0.3 is 12.0 Å². The summed E-state index contributed by atoms with van der Waals surface area (Å²) in [4.78, 5) is 266. The molecule has 2 saturated heterocycles. The van der Waals surface area contributed by atoms with E-state index in [1.54, 1.807) is 91.1 Å². The van der Waals surface area contributed by atoms with Gasteiger partial charge in [-0.15, -0.1) is 0 Å². The number of amides is 18. The van der Waals surface area contributed by atoms with Crippen molar-refractivity contribution in [1.82, 2.24) is 84.0 Å². The number of aromatic amines is 1. The second-order valence-corrected chi connectivity index (χ2v) is 37.1. The number of rotatable bonds is 39. The van der Waals surface area contributed by atoms with Gasteiger partial charge in [-0.25, -0.2) is 4.79 Å². The molecule has 45 heteroatoms. The number of hydrogen-bond acceptors (Lipinski definition) is 25. The maximum atomic E-state index is 16.3. The van der Waals surface area contributed by atoms with Crippen LogP contribution in [0.1, 0.15) is 121 Å². The lowest BCUT2D eigenvalue weighted by Crippen LogP contribution is -2.67. The Balaban J connectivity index is 1.22. The average molecular weight is 1890 g/mol. The SMILES string of the molecule is CC(=O)N[C@@H]1C(=O)N[C@@H](CC(N)=O)C(=O)N[C@@H]([C@@H](C)O)C(=O)N[C@@H](Cc2c[nH]c3c(C)cccc23)C(=O)N[C@@H](CCCNC(N)=O)C(=O)N[C@H](C(=O)N[C@@H](Cc2ccc(OCCN)cc2)C(=O)N[C@@H](Cc2ccc3ccccc3c2)C(=O)NC2(C(=O)N[C@@H](CCC(=O)O)C(=O)N[C@@H](CC(N)=O)C(=O)N[C@@H](Cc3cccnc3)C(=O)N(C)CC(N)=O)CCOCC2)C(C)(C)SSC1(C)C. The number of pyridine rings is 1. The first-order chi connectivity index (χ1) is 62.9. The summed E-state index contributed by atoms with van der Waals surface area (Å²) >= 11 is 0. The molecule has 2 aromatic heterocycles. The molecule has 0 spiro atoms. The number of carboxylic acids is 1. The number of hydrogen-bond donors (Lipinski definition) is 21. The second-order valence-electron chi connectivity index (χ2n) is 33.6. The van der Waals surface area contributed by atoms with Crippen molar-refractivity contribution in [2.24, 2.45) is 28.7 Å². The molecule has 133 heavy (non-hydrogen) atoms. The highest BCUT2D eigenvalue weighted by Crippen LogP contribution is 2.47. The lowest BCUT2D eigenvalue weighted by molar-refractivity contribution is -0.142. The normalized spacial score (nSPS) is 19.6. The van der Waals surface area contributed by atoms with Gasteiger partial charge in [0, 0.05) is 124 Å². The van der Waals surface area contributed by atoms with E-state index in [0.29, 0.717) is 44.3 Å². The van der Waals surface area contributed by atoms with Crippen LogP contribution >= 0.6 is 21.6 Å². The maximum Gasteiger partial charge on any atom is 0.312 e. The molecule has 0 unspecified atom stereocenters. The topological polar surface area (TPSA) is 685 Å². The number of primary amides is 4. The summed E-state index contributed by atoms with van der Waals surface area (Å²) in [6.07, 6.45) is -3.29. The number of aliphatic carboxylic acids is 1. The Bertz CT molecular complexity index is 5250. The first kappa shape index (κ1) is 105. The highest BCUT2D eigenvalue weighted by atomic mass is 33.1. The van der Waals surface area contributed by atoms with E-state index >= 15 is 28.8 Å². The van der Waals surface area contributed by atoms with Crippen LogP contribution in [0.4, 0.5) is 4.79 Å². The number of aliphatic hydroxyl groups excluding tert-OH is 1. The summed E-state index contributed by atoms with van der Waals surface area (Å²) in [5, 5.41) is 57.1. The highest BCUT2D eigenvalue weighted by molar-refractivity contribution is 8.77. The van der Waals surface area contributed by atoms with E-state index in [9.17, 15) is 67.7 Å². The van der Waals surface area contributed by atoms with Crippen molar-refractivity contribution < 1.29 is 106 Å². The van der Waals surface area contributed by atoms with Crippen LogP contribution in [-0.4, -0.2) is 266 Å². The molecule has 0 radical (unpaired) electrons. The lowest BCUT2D eigenvalue weighted by atomic mass is 9.87. The van der Waals surface area contributed by atoms with Gasteiger partial charge in [-0.2, -0.15) is 0 Å². The molecule has 718 valence electrons. The molecule has 0 saturated carbocycles. The van der Waals surface area contributed by atoms with Gasteiger partial charge < -0.3 is 127 Å². The zero-order chi connectivity index (χ0) is 97.8. The van der Waals surface area contributed by atoms with E-state index in [2.05, 4.69) is 79.1 Å². The molecule has 43 nitrogen and oxygen atoms in total. The monoisotopic (exact) mass is 1880 g/mol. The van der Waals surface area contributed by atoms with Crippen LogP contribution in [-0.2, 0) is 112 Å². The minimum Gasteiger partial charge on any atom is -0.492 e. The van der Waals surface area contributed by atoms with Crippen LogP contribution in [0.3, 0.4) is 0 Å². The van der Waals surface area contributed by atoms with Crippen LogP contribution in [0.2, 0.25) is 0 Å². The number of benzene rings is 4. The summed E-state index contributed by atoms with van der Waals surface area (Å²) in [5.74, 6) is -18.4. The Kier molecular flexibility index (Phi) is 38.3. The summed E-state index contributed by atoms with van der Waals surface area (Å²) in [6.45, 7) is 8.94. The summed E-state index contributed by atoms with van der Waals surface area (Å²) in [5.41, 5.74) is 28.9. The molecule has 12 atom stereocenters. The number of aryl methyl sites for hydroxylation is 1. The van der Waals surface area contributed by atoms with Gasteiger partial charge in [0.05, 0.1) is 25.5 Å². The molecule has 4 aromatic carbocycles. The summed E-state index contributed by atoms with van der Waals surface area (Å²) in [6, 6.07) is 6.19. The quantitative estimate of drug-likeness (QED) is 0.0135. The van der Waals surface area contributed by atoms with E-state index in [-0.39, 0.29) is 77.9 Å². The van der Waals surface area contributed by atoms with Gasteiger partial charge in [0.1, 0.15) is 84.4 Å². The number of aromatic nitrogens is 2. The van der Waals surface area contributed by atoms with E-state index in [4.69, 9.17) is 38.1 Å². The third kappa shape index (κ3) is 31.1. The minimum atomic E-state index is -2.11. The molecule has 2 aliphatic heterocycles. The number of carbonyl (C=O) groups excluding carboxylic acids is 17. The molecule has 2 fully saturated rings. The third-order valence-corrected chi connectivity index (χ3v) is 26.3. The smallest absolute Gasteiger partial charge is 0.312 e. The number of urea groups is 1. The first-order valence-corrected chi connectivity index (χ1v) is 45.0. The Morgan fingerprint density at radius 1 is 0.639 bits per heavy atom. The number of nitrogens with one attached hydrogen (secondary N) is 14. The molecule has 2 aliphatic rings. The second kappa shape index (κ2) is 48.6. The van der Waals surface area contributed by atoms with Crippen molar-refractivity contribution in [3.05, 3.63) is 143 Å². The van der Waals surface area contributed by atoms with Crippen LogP contribution in [0.5, 0.6) is 5.75 Å². The third-order valence-electron chi connectivity index (χ3n) is 22.1. The van der Waals surface area contributed by atoms with E-state index in [1.807, 2.05) is 19.1 Å². The fourth-order valence-electron chi connectivity index (χ4n) is 14.9. The molecule has 4 heterocycles. The van der Waals surface area contributed by atoms with Crippen LogP contribution in [0.25, 0.3) is 21.7 Å². The van der Waals surface area contributed by atoms with Crippen LogP contribution in [0, 0.1) is 6.92 Å². The highest BCUT2D eigenvalue weighted by Gasteiger charge is 2.49. The number of H-pyrrole nitrogens is 1. The van der Waals surface area contributed by atoms with E-state index < -0.39 is 233 Å². The van der Waals surface area contributed by atoms with Gasteiger partial charge in [-0.05, 0) is 118 Å². The lowest BCUT2D eigenvalue weighted by Gasteiger charge is -2.39. The number of nitrogens with two attached hydrogens (primary N) is 5. The van der Waals surface area contributed by atoms with E-state index in [1.165, 1.54) is 47.1 Å². The van der Waals surface area contributed by atoms with Gasteiger partial charge in [0.15, 0.2) is 0 Å². The number of fused-ring (bicyclic) bond motifs is 2. The predicted octanol–water partition coefficient (Wildman–Crippen LogP) is -3.01. The van der Waals surface area contributed by atoms with Crippen LogP contribution < -0.4 is 103 Å². The minimum absolute atomic E-state index is 0.0905. The van der Waals surface area contributed by atoms with Crippen molar-refractivity contribution in [2.45, 2.75) is 213 Å². The Morgan fingerprint density at radius 2 is 1.25 bits per heavy atom. The van der Waals surface area contributed by atoms with Gasteiger partial charge in [0.2, 0.25) is 94.5 Å². The zero-order valence-electron chi connectivity index (χ0n) is 74.8. The first-order valence-electron chi connectivity index (χ1n) is 42.8. The van der Waals surface area contributed by atoms with Crippen molar-refractivity contribution in [1.29, 1.82) is 0 Å². The molecular weight excluding hydrogens is 1770 g/mol. The number of aliphatic hydroxyl groups is 1. The standard InChI is InChI=1S/C88H117N21O22S2/c1-46-14-11-18-56-54(44-96-69(46)56)40-61-76(120)98-57(19-13-32-95-85(93)129)74(118)107-72(87(6,7)133-132-86(4,5)71(97-48(3)111)81(125)103-63(42-66(91)113)78(122)106-70(47(2)110)80(124)101-61)82(126)102-59(37-49-21-24-55(25-22-49)131-35-30-89)75(119)99-60(38-50-20-23-52-16-9-10-17-53(52)36-50)79(123)108-88(28-33-130-34-29-88)84(128)105-58(26-27-68(115)116)73(117)100-62(41-65(90)112)77(121)104-64(39-51-15-12-31-94-43-51)83(127)109(8)45-67(92)114/h9-12,14-18,20-25,31,36,43-44,47,57-64,70-72,96,110H,13,19,26-30,32-35,37-42,45,89H2,1-8H3,(H2,90,112)(H2,91,113)(H2,92,114)(H,97,111)(H,98,120)(H,99,119)(H,100,117)(H,101,124)(H,102,126)(H,103,125)(H,104,121)(H,105,128)(H,106,122)(H,107,118)(H,108,123)(H,115,116)(H3,93,95,129)/t47-,57+,58+,59+,60+,61+,62+,63+,64+,70+,71-,72-/m1/s1. The summed E-state index contributed by atoms with van der Waals surface area (Å²) in [7, 11) is 2.96. The number of nitrogens with zero attached hydrogens (tertiary/aromatic N) is 2. The average Bonchev–Trinajstić information content (AvgIpc) is 1.45. The van der Waals surface area contributed by atoms with E-state index in [0.717, 1.165) is 51.3 Å². The Hall–Kier alpha value is -13.5. The number of ether oxygens (including phenoxy) is 2. The fraction of sp³-hybridized carbons (Fsp3) is 0.466. The van der Waals surface area contributed by atoms with Gasteiger partial charge in [-0.3, -0.25) is 86.5 Å². The zero-order valence-corrected chi connectivity index (χ0v) is 76.4. The predicted molar refractivity (Wildman–Crippen MR) is 488 cm³/mol. The van der Waals surface area contributed by atoms with Crippen LogP contribution in [0.15, 0.2) is 116 Å². The number of carboxylic acid groups (broad SMARTS) is 1. The number of para-hydroxylation sites is 1. The van der Waals surface area contributed by atoms with Crippen molar-refractivity contribution in [3.63, 3.8) is 0 Å². The van der Waals surface area contributed by atoms with Gasteiger partial charge in [-0.1, -0.05) is 100 Å². The molecule has 26 N–H and O–H groups in total. The fourth-order valence-corrected chi connectivity index (χ4v) is 17.7. The van der Waals surface area contributed by atoms with Crippen molar-refractivity contribution >= 4 is 150 Å². The molecule has 6 aromatic rings. The summed E-state index contributed by atoms with van der Waals surface area (Å²) < 4.78 is 8.19. The maximum absolute atomic E-state index is 16.3. The van der Waals surface area contributed by atoms with Gasteiger partial charge in [0.25, 0.3) is 0 Å². The molecule has 0 aliphatic carbocycles. The number of likely N-dealkylation sites (N-methyl/N-ethyl adjacent to an activating group) is 1. The molecule has 18 amide bonds. The largest absolute Gasteiger partial charge is 0.492 e. The molecule has 8 rings (SSSR count).